The molecule has 0 spiro atoms. The maximum absolute atomic E-state index is 12.3. The predicted octanol–water partition coefficient (Wildman–Crippen LogP) is 3.69. The lowest BCUT2D eigenvalue weighted by Crippen LogP contribution is -2.28. The Labute approximate surface area is 132 Å². The highest BCUT2D eigenvalue weighted by Crippen LogP contribution is 2.27. The van der Waals surface area contributed by atoms with E-state index < -0.39 is 0 Å². The summed E-state index contributed by atoms with van der Waals surface area (Å²) in [6, 6.07) is 6.96. The van der Waals surface area contributed by atoms with Gasteiger partial charge in [-0.1, -0.05) is 29.3 Å². The number of amides is 1. The van der Waals surface area contributed by atoms with E-state index in [1.54, 1.807) is 18.2 Å². The standard InChI is InChI=1S/C15H13Cl2N3O/c16-11-4-3-10(7-12(11)17)13-8-14(19-9-18-13)15(21)20-5-1-2-6-20/h3-4,7-9H,1-2,5-6H2. The zero-order valence-electron chi connectivity index (χ0n) is 11.2. The van der Waals surface area contributed by atoms with Gasteiger partial charge in [0, 0.05) is 18.7 Å². The van der Waals surface area contributed by atoms with Crippen LogP contribution < -0.4 is 0 Å². The van der Waals surface area contributed by atoms with Gasteiger partial charge < -0.3 is 4.90 Å². The number of likely N-dealkylation sites (tertiary alicyclic amines) is 1. The number of hydrogen-bond acceptors (Lipinski definition) is 3. The van der Waals surface area contributed by atoms with Crippen LogP contribution in [0.3, 0.4) is 0 Å². The van der Waals surface area contributed by atoms with E-state index in [0.717, 1.165) is 31.5 Å². The van der Waals surface area contributed by atoms with Crippen molar-refractivity contribution >= 4 is 29.1 Å². The third-order valence-electron chi connectivity index (χ3n) is 3.49. The summed E-state index contributed by atoms with van der Waals surface area (Å²) in [4.78, 5) is 22.5. The summed E-state index contributed by atoms with van der Waals surface area (Å²) in [5.74, 6) is -0.0452. The van der Waals surface area contributed by atoms with Crippen LogP contribution in [0, 0.1) is 0 Å². The number of carbonyl (C=O) groups excluding carboxylic acids is 1. The van der Waals surface area contributed by atoms with Gasteiger partial charge in [-0.2, -0.15) is 0 Å². The summed E-state index contributed by atoms with van der Waals surface area (Å²) in [6.45, 7) is 1.59. The number of halogens is 2. The molecule has 0 radical (unpaired) electrons. The summed E-state index contributed by atoms with van der Waals surface area (Å²) in [6.07, 6.45) is 3.51. The first-order valence-corrected chi connectivity index (χ1v) is 7.47. The smallest absolute Gasteiger partial charge is 0.272 e. The van der Waals surface area contributed by atoms with Crippen molar-refractivity contribution in [1.29, 1.82) is 0 Å². The number of rotatable bonds is 2. The first-order valence-electron chi connectivity index (χ1n) is 6.72. The lowest BCUT2D eigenvalue weighted by Gasteiger charge is -2.14. The Morgan fingerprint density at radius 2 is 1.81 bits per heavy atom. The van der Waals surface area contributed by atoms with Gasteiger partial charge in [0.05, 0.1) is 15.7 Å². The molecule has 108 valence electrons. The highest BCUT2D eigenvalue weighted by molar-refractivity contribution is 6.42. The number of aromatic nitrogens is 2. The SMILES string of the molecule is O=C(c1cc(-c2ccc(Cl)c(Cl)c2)ncn1)N1CCCC1. The minimum absolute atomic E-state index is 0.0452. The molecule has 0 unspecified atom stereocenters. The number of hydrogen-bond donors (Lipinski definition) is 0. The molecule has 4 nitrogen and oxygen atoms in total. The Bertz CT molecular complexity index is 684. The van der Waals surface area contributed by atoms with Crippen LogP contribution in [0.5, 0.6) is 0 Å². The second-order valence-electron chi connectivity index (χ2n) is 4.92. The van der Waals surface area contributed by atoms with Crippen LogP contribution in [0.4, 0.5) is 0 Å². The lowest BCUT2D eigenvalue weighted by molar-refractivity contribution is 0.0787. The van der Waals surface area contributed by atoms with Crippen molar-refractivity contribution in [1.82, 2.24) is 14.9 Å². The van der Waals surface area contributed by atoms with E-state index in [1.165, 1.54) is 6.33 Å². The fourth-order valence-electron chi connectivity index (χ4n) is 2.37. The maximum atomic E-state index is 12.3. The summed E-state index contributed by atoms with van der Waals surface area (Å²) in [5.41, 5.74) is 1.88. The molecular formula is C15H13Cl2N3O. The molecule has 0 N–H and O–H groups in total. The van der Waals surface area contributed by atoms with E-state index in [9.17, 15) is 4.79 Å². The van der Waals surface area contributed by atoms with Crippen LogP contribution in [0.1, 0.15) is 23.3 Å². The molecule has 0 bridgehead atoms. The van der Waals surface area contributed by atoms with Crippen LogP contribution in [0.15, 0.2) is 30.6 Å². The summed E-state index contributed by atoms with van der Waals surface area (Å²) >= 11 is 11.9. The van der Waals surface area contributed by atoms with Crippen molar-refractivity contribution < 1.29 is 4.79 Å². The first kappa shape index (κ1) is 14.3. The third kappa shape index (κ3) is 3.01. The molecule has 6 heteroatoms. The predicted molar refractivity (Wildman–Crippen MR) is 82.6 cm³/mol. The zero-order valence-corrected chi connectivity index (χ0v) is 12.7. The summed E-state index contributed by atoms with van der Waals surface area (Å²) in [7, 11) is 0. The quantitative estimate of drug-likeness (QED) is 0.847. The van der Waals surface area contributed by atoms with Gasteiger partial charge in [-0.25, -0.2) is 9.97 Å². The lowest BCUT2D eigenvalue weighted by atomic mass is 10.1. The largest absolute Gasteiger partial charge is 0.337 e. The monoisotopic (exact) mass is 321 g/mol. The molecule has 1 saturated heterocycles. The average Bonchev–Trinajstić information content (AvgIpc) is 3.04. The van der Waals surface area contributed by atoms with E-state index >= 15 is 0 Å². The molecule has 2 heterocycles. The minimum atomic E-state index is -0.0452. The zero-order chi connectivity index (χ0) is 14.8. The molecule has 0 saturated carbocycles. The van der Waals surface area contributed by atoms with E-state index in [-0.39, 0.29) is 5.91 Å². The fraction of sp³-hybridized carbons (Fsp3) is 0.267. The van der Waals surface area contributed by atoms with Crippen LogP contribution in [-0.2, 0) is 0 Å². The minimum Gasteiger partial charge on any atom is -0.337 e. The Balaban J connectivity index is 1.92. The molecule has 1 aliphatic heterocycles. The van der Waals surface area contributed by atoms with Gasteiger partial charge in [-0.3, -0.25) is 4.79 Å². The molecular weight excluding hydrogens is 309 g/mol. The van der Waals surface area contributed by atoms with Crippen molar-refractivity contribution in [3.8, 4) is 11.3 Å². The van der Waals surface area contributed by atoms with E-state index in [0.29, 0.717) is 21.4 Å². The van der Waals surface area contributed by atoms with Gasteiger partial charge in [-0.05, 0) is 31.0 Å². The molecule has 1 aromatic carbocycles. The Kier molecular flexibility index (Phi) is 4.08. The maximum Gasteiger partial charge on any atom is 0.272 e. The molecule has 0 aliphatic carbocycles. The van der Waals surface area contributed by atoms with Gasteiger partial charge in [0.1, 0.15) is 12.0 Å². The van der Waals surface area contributed by atoms with E-state index in [1.807, 2.05) is 11.0 Å². The normalized spacial score (nSPS) is 14.5. The van der Waals surface area contributed by atoms with Crippen molar-refractivity contribution in [3.05, 3.63) is 46.3 Å². The average molecular weight is 322 g/mol. The molecule has 21 heavy (non-hydrogen) atoms. The van der Waals surface area contributed by atoms with Gasteiger partial charge in [0.25, 0.3) is 5.91 Å². The van der Waals surface area contributed by atoms with E-state index in [4.69, 9.17) is 23.2 Å². The fourth-order valence-corrected chi connectivity index (χ4v) is 2.67. The van der Waals surface area contributed by atoms with Crippen LogP contribution >= 0.6 is 23.2 Å². The highest BCUT2D eigenvalue weighted by atomic mass is 35.5. The van der Waals surface area contributed by atoms with Crippen LogP contribution in [0.2, 0.25) is 10.0 Å². The number of nitrogens with zero attached hydrogens (tertiary/aromatic N) is 3. The molecule has 0 atom stereocenters. The summed E-state index contributed by atoms with van der Waals surface area (Å²) in [5, 5.41) is 0.947. The van der Waals surface area contributed by atoms with Crippen LogP contribution in [0.25, 0.3) is 11.3 Å². The third-order valence-corrected chi connectivity index (χ3v) is 4.23. The van der Waals surface area contributed by atoms with Crippen molar-refractivity contribution in [2.24, 2.45) is 0 Å². The van der Waals surface area contributed by atoms with Gasteiger partial charge in [0.2, 0.25) is 0 Å². The molecule has 1 aromatic heterocycles. The number of benzene rings is 1. The Hall–Kier alpha value is -1.65. The van der Waals surface area contributed by atoms with Crippen molar-refractivity contribution in [2.45, 2.75) is 12.8 Å². The second-order valence-corrected chi connectivity index (χ2v) is 5.73. The van der Waals surface area contributed by atoms with Crippen molar-refractivity contribution in [3.63, 3.8) is 0 Å². The highest BCUT2D eigenvalue weighted by Gasteiger charge is 2.21. The molecule has 1 amide bonds. The molecule has 3 rings (SSSR count). The molecule has 2 aromatic rings. The van der Waals surface area contributed by atoms with Gasteiger partial charge in [-0.15, -0.1) is 0 Å². The van der Waals surface area contributed by atoms with Crippen molar-refractivity contribution in [2.75, 3.05) is 13.1 Å². The van der Waals surface area contributed by atoms with Gasteiger partial charge >= 0.3 is 0 Å². The molecule has 1 fully saturated rings. The second kappa shape index (κ2) is 6.00. The first-order chi connectivity index (χ1) is 10.1. The number of carbonyl (C=O) groups is 1. The Morgan fingerprint density at radius 1 is 1.05 bits per heavy atom. The van der Waals surface area contributed by atoms with Crippen LogP contribution in [-0.4, -0.2) is 33.9 Å². The summed E-state index contributed by atoms with van der Waals surface area (Å²) < 4.78 is 0. The molecule has 1 aliphatic rings. The Morgan fingerprint density at radius 3 is 2.52 bits per heavy atom. The van der Waals surface area contributed by atoms with E-state index in [2.05, 4.69) is 9.97 Å². The van der Waals surface area contributed by atoms with Gasteiger partial charge in [0.15, 0.2) is 0 Å². The topological polar surface area (TPSA) is 46.1 Å².